The minimum absolute atomic E-state index is 0.0289. The van der Waals surface area contributed by atoms with Gasteiger partial charge in [-0.1, -0.05) is 24.3 Å². The Kier molecular flexibility index (Phi) is 4.39. The van der Waals surface area contributed by atoms with E-state index < -0.39 is 0 Å². The van der Waals surface area contributed by atoms with Crippen molar-refractivity contribution in [1.82, 2.24) is 4.90 Å². The van der Waals surface area contributed by atoms with E-state index in [0.29, 0.717) is 5.75 Å². The van der Waals surface area contributed by atoms with Crippen molar-refractivity contribution >= 4 is 6.41 Å². The zero-order chi connectivity index (χ0) is 15.4. The topological polar surface area (TPSA) is 49.8 Å². The maximum Gasteiger partial charge on any atom is 0.209 e. The average Bonchev–Trinajstić information content (AvgIpc) is 3.04. The van der Waals surface area contributed by atoms with Crippen LogP contribution >= 0.6 is 0 Å². The van der Waals surface area contributed by atoms with Gasteiger partial charge in [-0.05, 0) is 41.8 Å². The predicted octanol–water partition coefficient (Wildman–Crippen LogP) is 2.92. The van der Waals surface area contributed by atoms with Gasteiger partial charge in [-0.25, -0.2) is 0 Å². The van der Waals surface area contributed by atoms with Crippen LogP contribution in [0.4, 0.5) is 0 Å². The van der Waals surface area contributed by atoms with Crippen LogP contribution < -0.4 is 4.74 Å². The molecule has 1 amide bonds. The van der Waals surface area contributed by atoms with Crippen LogP contribution in [0.5, 0.6) is 11.5 Å². The first-order valence-electron chi connectivity index (χ1n) is 7.46. The molecule has 0 bridgehead atoms. The maximum absolute atomic E-state index is 10.9. The van der Waals surface area contributed by atoms with E-state index in [1.807, 2.05) is 48.5 Å². The minimum atomic E-state index is -0.0289. The van der Waals surface area contributed by atoms with E-state index in [0.717, 1.165) is 42.8 Å². The SMILES string of the molecule is O=CN1CCC(c2ccc(Oc3ccccc3)cc2CO)C1. The molecule has 22 heavy (non-hydrogen) atoms. The smallest absolute Gasteiger partial charge is 0.209 e. The molecule has 3 rings (SSSR count). The number of aliphatic hydroxyl groups excluding tert-OH is 1. The lowest BCUT2D eigenvalue weighted by molar-refractivity contribution is -0.117. The van der Waals surface area contributed by atoms with E-state index >= 15 is 0 Å². The summed E-state index contributed by atoms with van der Waals surface area (Å²) < 4.78 is 5.80. The first-order chi connectivity index (χ1) is 10.8. The summed E-state index contributed by atoms with van der Waals surface area (Å²) in [5.41, 5.74) is 1.97. The number of likely N-dealkylation sites (tertiary alicyclic amines) is 1. The van der Waals surface area contributed by atoms with Crippen molar-refractivity contribution in [2.45, 2.75) is 18.9 Å². The Morgan fingerprint density at radius 2 is 2.00 bits per heavy atom. The molecule has 0 spiro atoms. The van der Waals surface area contributed by atoms with Gasteiger partial charge in [0.2, 0.25) is 6.41 Å². The Labute approximate surface area is 130 Å². The van der Waals surface area contributed by atoms with Crippen LogP contribution in [0.3, 0.4) is 0 Å². The van der Waals surface area contributed by atoms with Gasteiger partial charge in [0.05, 0.1) is 6.61 Å². The van der Waals surface area contributed by atoms with Gasteiger partial charge in [-0.2, -0.15) is 0 Å². The summed E-state index contributed by atoms with van der Waals surface area (Å²) in [6.45, 7) is 1.47. The number of nitrogens with zero attached hydrogens (tertiary/aromatic N) is 1. The molecule has 1 fully saturated rings. The highest BCUT2D eigenvalue weighted by Crippen LogP contribution is 2.32. The number of amides is 1. The number of aliphatic hydroxyl groups is 1. The van der Waals surface area contributed by atoms with Crippen molar-refractivity contribution in [2.24, 2.45) is 0 Å². The van der Waals surface area contributed by atoms with Crippen molar-refractivity contribution in [3.8, 4) is 11.5 Å². The summed E-state index contributed by atoms with van der Waals surface area (Å²) in [7, 11) is 0. The van der Waals surface area contributed by atoms with Crippen LogP contribution in [0.1, 0.15) is 23.5 Å². The summed E-state index contributed by atoms with van der Waals surface area (Å²) in [5, 5.41) is 9.65. The molecule has 1 N–H and O–H groups in total. The second-order valence-corrected chi connectivity index (χ2v) is 5.52. The van der Waals surface area contributed by atoms with Gasteiger partial charge in [0.15, 0.2) is 0 Å². The Morgan fingerprint density at radius 3 is 2.68 bits per heavy atom. The van der Waals surface area contributed by atoms with Crippen LogP contribution in [0.25, 0.3) is 0 Å². The lowest BCUT2D eigenvalue weighted by atomic mass is 9.93. The number of para-hydroxylation sites is 1. The van der Waals surface area contributed by atoms with Gasteiger partial charge < -0.3 is 14.7 Å². The second kappa shape index (κ2) is 6.62. The Balaban J connectivity index is 1.80. The van der Waals surface area contributed by atoms with Crippen LogP contribution in [0, 0.1) is 0 Å². The van der Waals surface area contributed by atoms with Crippen molar-refractivity contribution in [3.63, 3.8) is 0 Å². The Hall–Kier alpha value is -2.33. The fraction of sp³-hybridized carbons (Fsp3) is 0.278. The van der Waals surface area contributed by atoms with E-state index in [-0.39, 0.29) is 12.5 Å². The van der Waals surface area contributed by atoms with Crippen LogP contribution in [-0.2, 0) is 11.4 Å². The molecule has 0 radical (unpaired) electrons. The van der Waals surface area contributed by atoms with Gasteiger partial charge in [0.1, 0.15) is 11.5 Å². The van der Waals surface area contributed by atoms with E-state index in [4.69, 9.17) is 4.74 Å². The van der Waals surface area contributed by atoms with E-state index in [9.17, 15) is 9.90 Å². The second-order valence-electron chi connectivity index (χ2n) is 5.52. The fourth-order valence-corrected chi connectivity index (χ4v) is 2.94. The molecular formula is C18H19NO3. The number of carbonyl (C=O) groups excluding carboxylic acids is 1. The van der Waals surface area contributed by atoms with Crippen molar-refractivity contribution in [1.29, 1.82) is 0 Å². The third kappa shape index (κ3) is 3.12. The molecule has 1 heterocycles. The summed E-state index contributed by atoms with van der Waals surface area (Å²) in [4.78, 5) is 12.6. The summed E-state index contributed by atoms with van der Waals surface area (Å²) in [6, 6.07) is 15.4. The molecule has 0 saturated carbocycles. The lowest BCUT2D eigenvalue weighted by Crippen LogP contribution is -2.17. The Morgan fingerprint density at radius 1 is 1.18 bits per heavy atom. The standard InChI is InChI=1S/C18H19NO3/c20-12-15-10-17(22-16-4-2-1-3-5-16)6-7-18(15)14-8-9-19(11-14)13-21/h1-7,10,13-14,20H,8-9,11-12H2. The fourth-order valence-electron chi connectivity index (χ4n) is 2.94. The van der Waals surface area contributed by atoms with E-state index in [1.165, 1.54) is 0 Å². The monoisotopic (exact) mass is 297 g/mol. The summed E-state index contributed by atoms with van der Waals surface area (Å²) >= 11 is 0. The lowest BCUT2D eigenvalue weighted by Gasteiger charge is -2.16. The number of rotatable bonds is 5. The molecule has 1 aliphatic rings. The molecule has 1 aliphatic heterocycles. The highest BCUT2D eigenvalue weighted by molar-refractivity contribution is 5.49. The van der Waals surface area contributed by atoms with Gasteiger partial charge >= 0.3 is 0 Å². The molecule has 2 aromatic carbocycles. The van der Waals surface area contributed by atoms with Crippen LogP contribution in [0.15, 0.2) is 48.5 Å². The van der Waals surface area contributed by atoms with Crippen molar-refractivity contribution in [2.75, 3.05) is 13.1 Å². The zero-order valence-corrected chi connectivity index (χ0v) is 12.3. The molecule has 4 nitrogen and oxygen atoms in total. The quantitative estimate of drug-likeness (QED) is 0.863. The number of benzene rings is 2. The predicted molar refractivity (Wildman–Crippen MR) is 83.9 cm³/mol. The highest BCUT2D eigenvalue weighted by Gasteiger charge is 2.24. The number of hydrogen-bond acceptors (Lipinski definition) is 3. The summed E-state index contributed by atoms with van der Waals surface area (Å²) in [6.07, 6.45) is 1.83. The van der Waals surface area contributed by atoms with E-state index in [2.05, 4.69) is 0 Å². The average molecular weight is 297 g/mol. The van der Waals surface area contributed by atoms with E-state index in [1.54, 1.807) is 4.90 Å². The molecule has 0 aliphatic carbocycles. The molecule has 4 heteroatoms. The molecule has 2 aromatic rings. The third-order valence-electron chi connectivity index (χ3n) is 4.07. The molecule has 0 aromatic heterocycles. The first kappa shape index (κ1) is 14.6. The van der Waals surface area contributed by atoms with Crippen molar-refractivity contribution in [3.05, 3.63) is 59.7 Å². The normalized spacial score (nSPS) is 17.5. The minimum Gasteiger partial charge on any atom is -0.457 e. The number of hydrogen-bond donors (Lipinski definition) is 1. The summed E-state index contributed by atoms with van der Waals surface area (Å²) in [5.74, 6) is 1.77. The van der Waals surface area contributed by atoms with Gasteiger partial charge in [0, 0.05) is 19.0 Å². The number of ether oxygens (including phenoxy) is 1. The van der Waals surface area contributed by atoms with Gasteiger partial charge in [-0.3, -0.25) is 4.79 Å². The van der Waals surface area contributed by atoms with Crippen molar-refractivity contribution < 1.29 is 14.6 Å². The maximum atomic E-state index is 10.9. The molecular weight excluding hydrogens is 278 g/mol. The molecule has 1 unspecified atom stereocenters. The van der Waals surface area contributed by atoms with Gasteiger partial charge in [-0.15, -0.1) is 0 Å². The Bertz CT molecular complexity index is 642. The van der Waals surface area contributed by atoms with Crippen LogP contribution in [0.2, 0.25) is 0 Å². The highest BCUT2D eigenvalue weighted by atomic mass is 16.5. The molecule has 1 atom stereocenters. The first-order valence-corrected chi connectivity index (χ1v) is 7.46. The number of carbonyl (C=O) groups is 1. The molecule has 114 valence electrons. The van der Waals surface area contributed by atoms with Gasteiger partial charge in [0.25, 0.3) is 0 Å². The molecule has 1 saturated heterocycles. The zero-order valence-electron chi connectivity index (χ0n) is 12.3. The third-order valence-corrected chi connectivity index (χ3v) is 4.07. The van der Waals surface area contributed by atoms with Crippen LogP contribution in [-0.4, -0.2) is 29.5 Å². The largest absolute Gasteiger partial charge is 0.457 e.